The first-order valence-corrected chi connectivity index (χ1v) is 8.43. The first-order valence-electron chi connectivity index (χ1n) is 8.43. The van der Waals surface area contributed by atoms with Crippen LogP contribution >= 0.6 is 0 Å². The molecule has 0 aliphatic heterocycles. The summed E-state index contributed by atoms with van der Waals surface area (Å²) in [5, 5.41) is 19.9. The summed E-state index contributed by atoms with van der Waals surface area (Å²) in [6, 6.07) is 8.07. The number of carbonyl (C=O) groups is 2. The molecule has 0 unspecified atom stereocenters. The van der Waals surface area contributed by atoms with Crippen molar-refractivity contribution in [2.24, 2.45) is 0 Å². The molecule has 0 fully saturated rings. The second kappa shape index (κ2) is 8.44. The molecule has 2 N–H and O–H groups in total. The van der Waals surface area contributed by atoms with E-state index in [1.807, 2.05) is 27.7 Å². The van der Waals surface area contributed by atoms with E-state index in [1.54, 1.807) is 0 Å². The van der Waals surface area contributed by atoms with E-state index in [0.717, 1.165) is 0 Å². The van der Waals surface area contributed by atoms with Crippen molar-refractivity contribution >= 4 is 11.9 Å². The summed E-state index contributed by atoms with van der Waals surface area (Å²) >= 11 is 0. The van der Waals surface area contributed by atoms with Crippen LogP contribution in [0.1, 0.15) is 48.4 Å². The van der Waals surface area contributed by atoms with Gasteiger partial charge in [-0.3, -0.25) is 0 Å². The van der Waals surface area contributed by atoms with Gasteiger partial charge in [-0.1, -0.05) is 0 Å². The van der Waals surface area contributed by atoms with Crippen molar-refractivity contribution < 1.29 is 34.0 Å². The van der Waals surface area contributed by atoms with Gasteiger partial charge in [-0.15, -0.1) is 0 Å². The van der Waals surface area contributed by atoms with Gasteiger partial charge < -0.3 is 24.4 Å². The van der Waals surface area contributed by atoms with E-state index < -0.39 is 11.9 Å². The molecule has 2 aromatic rings. The number of rotatable bonds is 6. The smallest absolute Gasteiger partial charge is 0.349 e. The molecule has 0 aliphatic carbocycles. The fourth-order valence-corrected chi connectivity index (χ4v) is 2.25. The van der Waals surface area contributed by atoms with Crippen LogP contribution in [0, 0.1) is 0 Å². The van der Waals surface area contributed by atoms with Gasteiger partial charge in [0.25, 0.3) is 0 Å². The van der Waals surface area contributed by atoms with Crippen molar-refractivity contribution in [3.8, 4) is 23.0 Å². The first kappa shape index (κ1) is 20.1. The van der Waals surface area contributed by atoms with E-state index in [0.29, 0.717) is 11.5 Å². The van der Waals surface area contributed by atoms with Gasteiger partial charge in [-0.25, -0.2) is 9.59 Å². The minimum Gasteiger partial charge on any atom is -0.507 e. The highest BCUT2D eigenvalue weighted by Gasteiger charge is 2.21. The normalized spacial score (nSPS) is 10.7. The molecule has 2 rings (SSSR count). The maximum Gasteiger partial charge on any atom is 0.349 e. The van der Waals surface area contributed by atoms with Gasteiger partial charge in [0.05, 0.1) is 12.2 Å². The molecular weight excluding hydrogens is 352 g/mol. The molecule has 0 aromatic heterocycles. The lowest BCUT2D eigenvalue weighted by Gasteiger charge is -2.12. The number of aromatic hydroxyl groups is 2. The number of esters is 2. The van der Waals surface area contributed by atoms with Crippen LogP contribution in [0.25, 0.3) is 0 Å². The summed E-state index contributed by atoms with van der Waals surface area (Å²) in [7, 11) is 0. The summed E-state index contributed by atoms with van der Waals surface area (Å²) < 4.78 is 15.6. The molecule has 0 heterocycles. The monoisotopic (exact) mass is 374 g/mol. The van der Waals surface area contributed by atoms with Crippen LogP contribution in [-0.2, 0) is 4.74 Å². The van der Waals surface area contributed by atoms with Crippen LogP contribution < -0.4 is 9.47 Å². The zero-order valence-electron chi connectivity index (χ0n) is 15.6. The minimum absolute atomic E-state index is 0.102. The van der Waals surface area contributed by atoms with E-state index in [2.05, 4.69) is 0 Å². The Kier molecular flexibility index (Phi) is 6.28. The van der Waals surface area contributed by atoms with Crippen LogP contribution in [-0.4, -0.2) is 34.4 Å². The van der Waals surface area contributed by atoms with E-state index in [9.17, 15) is 19.8 Å². The minimum atomic E-state index is -1.05. The van der Waals surface area contributed by atoms with E-state index >= 15 is 0 Å². The third-order valence-corrected chi connectivity index (χ3v) is 3.31. The topological polar surface area (TPSA) is 102 Å². The maximum absolute atomic E-state index is 12.2. The molecule has 0 saturated heterocycles. The Labute approximate surface area is 157 Å². The van der Waals surface area contributed by atoms with Crippen molar-refractivity contribution in [3.05, 3.63) is 47.5 Å². The average Bonchev–Trinajstić information content (AvgIpc) is 2.53. The fourth-order valence-electron chi connectivity index (χ4n) is 2.25. The summed E-state index contributed by atoms with van der Waals surface area (Å²) in [4.78, 5) is 24.3. The molecule has 7 nitrogen and oxygen atoms in total. The van der Waals surface area contributed by atoms with Crippen LogP contribution in [0.15, 0.2) is 36.4 Å². The predicted octanol–water partition coefficient (Wildman–Crippen LogP) is 3.67. The molecule has 0 spiro atoms. The van der Waals surface area contributed by atoms with Gasteiger partial charge in [-0.05, 0) is 52.0 Å². The van der Waals surface area contributed by atoms with Crippen molar-refractivity contribution in [2.75, 3.05) is 0 Å². The van der Waals surface area contributed by atoms with Crippen molar-refractivity contribution in [1.29, 1.82) is 0 Å². The predicted molar refractivity (Wildman–Crippen MR) is 97.5 cm³/mol. The molecule has 27 heavy (non-hydrogen) atoms. The Hall–Kier alpha value is -3.22. The molecule has 0 radical (unpaired) electrons. The number of carbonyl (C=O) groups excluding carboxylic acids is 2. The highest BCUT2D eigenvalue weighted by atomic mass is 16.6. The Balaban J connectivity index is 2.12. The zero-order chi connectivity index (χ0) is 20.1. The third kappa shape index (κ3) is 5.37. The molecule has 144 valence electrons. The van der Waals surface area contributed by atoms with Crippen molar-refractivity contribution in [3.63, 3.8) is 0 Å². The lowest BCUT2D eigenvalue weighted by atomic mass is 10.1. The molecule has 0 aliphatic rings. The molecule has 7 heteroatoms. The summed E-state index contributed by atoms with van der Waals surface area (Å²) in [6.07, 6.45) is -0.205. The molecule has 0 saturated carbocycles. The molecule has 2 aromatic carbocycles. The van der Waals surface area contributed by atoms with Crippen molar-refractivity contribution in [2.45, 2.75) is 39.9 Å². The maximum atomic E-state index is 12.2. The average molecular weight is 374 g/mol. The molecule has 0 atom stereocenters. The second-order valence-corrected chi connectivity index (χ2v) is 6.37. The zero-order valence-corrected chi connectivity index (χ0v) is 15.6. The van der Waals surface area contributed by atoms with Gasteiger partial charge in [0.15, 0.2) is 0 Å². The largest absolute Gasteiger partial charge is 0.507 e. The molecule has 0 bridgehead atoms. The third-order valence-electron chi connectivity index (χ3n) is 3.31. The number of benzene rings is 2. The standard InChI is InChI=1S/C20H22O7/c1-11(2)25-13-5-7-15(17(21)9-13)19(23)27-20(24)16-8-6-14(10-18(16)22)26-12(3)4/h5-12,21-22H,1-4H3. The molecular formula is C20H22O7. The van der Waals surface area contributed by atoms with E-state index in [4.69, 9.17) is 14.2 Å². The summed E-state index contributed by atoms with van der Waals surface area (Å²) in [6.45, 7) is 7.29. The highest BCUT2D eigenvalue weighted by molar-refractivity contribution is 6.04. The Morgan fingerprint density at radius 2 is 1.11 bits per heavy atom. The van der Waals surface area contributed by atoms with Gasteiger partial charge in [-0.2, -0.15) is 0 Å². The van der Waals surface area contributed by atoms with Gasteiger partial charge in [0, 0.05) is 12.1 Å². The van der Waals surface area contributed by atoms with Crippen LogP contribution in [0.5, 0.6) is 23.0 Å². The quantitative estimate of drug-likeness (QED) is 0.587. The fraction of sp³-hybridized carbons (Fsp3) is 0.300. The van der Waals surface area contributed by atoms with Gasteiger partial charge in [0.2, 0.25) is 0 Å². The molecule has 0 amide bonds. The van der Waals surface area contributed by atoms with Crippen LogP contribution in [0.2, 0.25) is 0 Å². The highest BCUT2D eigenvalue weighted by Crippen LogP contribution is 2.27. The van der Waals surface area contributed by atoms with Gasteiger partial charge >= 0.3 is 11.9 Å². The Bertz CT molecular complexity index is 771. The SMILES string of the molecule is CC(C)Oc1ccc(C(=O)OC(=O)c2ccc(OC(C)C)cc2O)c(O)c1. The van der Waals surface area contributed by atoms with E-state index in [1.165, 1.54) is 36.4 Å². The number of hydrogen-bond donors (Lipinski definition) is 2. The van der Waals surface area contributed by atoms with E-state index in [-0.39, 0.29) is 34.8 Å². The lowest BCUT2D eigenvalue weighted by Crippen LogP contribution is -2.14. The number of hydrogen-bond acceptors (Lipinski definition) is 7. The summed E-state index contributed by atoms with van der Waals surface area (Å²) in [5.74, 6) is -2.09. The van der Waals surface area contributed by atoms with Crippen LogP contribution in [0.4, 0.5) is 0 Å². The first-order chi connectivity index (χ1) is 12.7. The summed E-state index contributed by atoms with van der Waals surface area (Å²) in [5.41, 5.74) is -0.391. The number of ether oxygens (including phenoxy) is 3. The lowest BCUT2D eigenvalue weighted by molar-refractivity contribution is 0.0394. The van der Waals surface area contributed by atoms with Gasteiger partial charge in [0.1, 0.15) is 34.1 Å². The number of phenols is 2. The Morgan fingerprint density at radius 3 is 1.41 bits per heavy atom. The Morgan fingerprint density at radius 1 is 0.741 bits per heavy atom. The second-order valence-electron chi connectivity index (χ2n) is 6.37. The number of phenolic OH excluding ortho intramolecular Hbond substituents is 2. The van der Waals surface area contributed by atoms with Crippen LogP contribution in [0.3, 0.4) is 0 Å². The van der Waals surface area contributed by atoms with Crippen molar-refractivity contribution in [1.82, 2.24) is 0 Å².